The summed E-state index contributed by atoms with van der Waals surface area (Å²) in [6, 6.07) is 23.9. The Balaban J connectivity index is 1.39. The highest BCUT2D eigenvalue weighted by molar-refractivity contribution is 6.00. The first-order chi connectivity index (χ1) is 25.6. The molecule has 5 amide bonds. The number of likely N-dealkylation sites (N-methyl/N-ethyl adjacent to an activating group) is 1. The van der Waals surface area contributed by atoms with Crippen LogP contribution in [0.15, 0.2) is 84.9 Å². The number of unbranched alkanes of at least 4 members (excludes halogenated alkanes) is 1. The Morgan fingerprint density at radius 3 is 2.13 bits per heavy atom. The first-order valence-corrected chi connectivity index (χ1v) is 18.4. The minimum absolute atomic E-state index is 0.112. The van der Waals surface area contributed by atoms with Gasteiger partial charge in [-0.1, -0.05) is 78.9 Å². The Labute approximate surface area is 309 Å². The van der Waals surface area contributed by atoms with E-state index in [4.69, 9.17) is 5.73 Å². The SMILES string of the molecule is CNC(=O)[C@H](CCCCN)N1CC[C@@]2(Cc3c([nH]c4ccccc34)CN2C(=O)[C@H](Cc2ccccc2)NC(=O)[C@H](Cc2ccccc2)NC(C)=O)C1=O. The van der Waals surface area contributed by atoms with E-state index in [0.717, 1.165) is 33.3 Å². The van der Waals surface area contributed by atoms with Gasteiger partial charge in [-0.05, 0) is 55.0 Å². The molecule has 3 heterocycles. The molecule has 0 radical (unpaired) electrons. The molecule has 0 aliphatic carbocycles. The predicted molar refractivity (Wildman–Crippen MR) is 202 cm³/mol. The molecule has 4 atom stereocenters. The van der Waals surface area contributed by atoms with E-state index in [1.165, 1.54) is 6.92 Å². The van der Waals surface area contributed by atoms with Gasteiger partial charge in [0.1, 0.15) is 23.7 Å². The van der Waals surface area contributed by atoms with Gasteiger partial charge >= 0.3 is 0 Å². The topological polar surface area (TPSA) is 170 Å². The molecular weight excluding hydrogens is 670 g/mol. The van der Waals surface area contributed by atoms with E-state index in [-0.39, 0.29) is 43.5 Å². The number of H-pyrrole nitrogens is 1. The van der Waals surface area contributed by atoms with Gasteiger partial charge in [0, 0.05) is 56.4 Å². The molecule has 12 heteroatoms. The fourth-order valence-electron chi connectivity index (χ4n) is 7.96. The van der Waals surface area contributed by atoms with E-state index >= 15 is 4.79 Å². The normalized spacial score (nSPS) is 18.4. The van der Waals surface area contributed by atoms with Crippen LogP contribution < -0.4 is 21.7 Å². The zero-order valence-electron chi connectivity index (χ0n) is 30.4. The Morgan fingerprint density at radius 1 is 0.849 bits per heavy atom. The molecule has 1 spiro atoms. The van der Waals surface area contributed by atoms with Gasteiger partial charge in [-0.2, -0.15) is 0 Å². The van der Waals surface area contributed by atoms with Crippen LogP contribution in [0.5, 0.6) is 0 Å². The molecule has 4 aromatic rings. The third-order valence-electron chi connectivity index (χ3n) is 10.6. The monoisotopic (exact) mass is 719 g/mol. The Morgan fingerprint density at radius 2 is 1.49 bits per heavy atom. The number of hydrogen-bond donors (Lipinski definition) is 5. The summed E-state index contributed by atoms with van der Waals surface area (Å²) in [6.45, 7) is 2.23. The van der Waals surface area contributed by atoms with E-state index in [2.05, 4.69) is 20.9 Å². The fourth-order valence-corrected chi connectivity index (χ4v) is 7.96. The van der Waals surface area contributed by atoms with Crippen LogP contribution in [-0.2, 0) is 49.8 Å². The number of likely N-dealkylation sites (tertiary alicyclic amines) is 1. The molecule has 3 aromatic carbocycles. The van der Waals surface area contributed by atoms with Crippen molar-refractivity contribution in [3.63, 3.8) is 0 Å². The van der Waals surface area contributed by atoms with Crippen molar-refractivity contribution in [2.45, 2.75) is 82.1 Å². The lowest BCUT2D eigenvalue weighted by Crippen LogP contribution is -2.65. The first kappa shape index (κ1) is 37.3. The number of nitrogens with zero attached hydrogens (tertiary/aromatic N) is 2. The van der Waals surface area contributed by atoms with Gasteiger partial charge in [-0.15, -0.1) is 0 Å². The number of nitrogens with one attached hydrogen (secondary N) is 4. The Kier molecular flexibility index (Phi) is 11.6. The Bertz CT molecular complexity index is 1950. The van der Waals surface area contributed by atoms with Gasteiger partial charge in [-0.3, -0.25) is 24.0 Å². The number of aromatic amines is 1. The highest BCUT2D eigenvalue weighted by Crippen LogP contribution is 2.42. The molecule has 0 saturated carbocycles. The molecule has 12 nitrogen and oxygen atoms in total. The minimum Gasteiger partial charge on any atom is -0.357 e. The number of benzene rings is 3. The van der Waals surface area contributed by atoms with E-state index in [1.807, 2.05) is 84.9 Å². The van der Waals surface area contributed by atoms with Gasteiger partial charge < -0.3 is 36.5 Å². The number of carbonyl (C=O) groups is 5. The van der Waals surface area contributed by atoms with Crippen molar-refractivity contribution in [3.8, 4) is 0 Å². The van der Waals surface area contributed by atoms with E-state index in [1.54, 1.807) is 16.8 Å². The summed E-state index contributed by atoms with van der Waals surface area (Å²) in [5.74, 6) is -1.84. The van der Waals surface area contributed by atoms with Crippen molar-refractivity contribution in [3.05, 3.63) is 107 Å². The van der Waals surface area contributed by atoms with Crippen LogP contribution in [0, 0.1) is 0 Å². The van der Waals surface area contributed by atoms with Gasteiger partial charge in [0.15, 0.2) is 0 Å². The molecule has 1 fully saturated rings. The maximum atomic E-state index is 15.2. The second-order valence-electron chi connectivity index (χ2n) is 14.1. The Hall–Kier alpha value is -5.49. The van der Waals surface area contributed by atoms with Crippen molar-refractivity contribution in [1.29, 1.82) is 0 Å². The van der Waals surface area contributed by atoms with Crippen molar-refractivity contribution in [1.82, 2.24) is 30.7 Å². The van der Waals surface area contributed by atoms with Crippen LogP contribution in [0.1, 0.15) is 55.0 Å². The zero-order chi connectivity index (χ0) is 37.5. The molecule has 53 heavy (non-hydrogen) atoms. The average Bonchev–Trinajstić information content (AvgIpc) is 3.69. The summed E-state index contributed by atoms with van der Waals surface area (Å²) in [7, 11) is 1.56. The third kappa shape index (κ3) is 7.97. The first-order valence-electron chi connectivity index (χ1n) is 18.4. The highest BCUT2D eigenvalue weighted by atomic mass is 16.2. The summed E-state index contributed by atoms with van der Waals surface area (Å²) in [5, 5.41) is 9.48. The number of rotatable bonds is 14. The number of aromatic nitrogens is 1. The van der Waals surface area contributed by atoms with Crippen molar-refractivity contribution < 1.29 is 24.0 Å². The van der Waals surface area contributed by atoms with Crippen LogP contribution in [-0.4, -0.2) is 88.1 Å². The molecule has 2 aliphatic rings. The molecule has 2 aliphatic heterocycles. The number of carbonyl (C=O) groups excluding carboxylic acids is 5. The van der Waals surface area contributed by atoms with Crippen molar-refractivity contribution >= 4 is 40.4 Å². The summed E-state index contributed by atoms with van der Waals surface area (Å²) in [4.78, 5) is 76.6. The second kappa shape index (κ2) is 16.5. The average molecular weight is 720 g/mol. The second-order valence-corrected chi connectivity index (χ2v) is 14.1. The lowest BCUT2D eigenvalue weighted by Gasteiger charge is -2.45. The standard InChI is InChI=1S/C41H49N7O5/c1-27(49)44-33(23-28-13-5-3-6-14-28)37(50)46-34(24-29-15-7-4-8-16-29)39(52)48-26-35-31(30-17-9-10-18-32(30)45-35)25-41(48)20-22-47(40(41)53)36(38(51)43-2)19-11-12-21-42/h3-10,13-18,33-34,36,45H,11-12,19-26,42H2,1-2H3,(H,43,51)(H,44,49)(H,46,50)/t33-,34-,36-,41+/m0/s1. The number of nitrogens with two attached hydrogens (primary N) is 1. The van der Waals surface area contributed by atoms with Crippen LogP contribution in [0.25, 0.3) is 10.9 Å². The van der Waals surface area contributed by atoms with E-state index in [0.29, 0.717) is 38.8 Å². The van der Waals surface area contributed by atoms with Gasteiger partial charge in [0.05, 0.1) is 6.54 Å². The van der Waals surface area contributed by atoms with Crippen molar-refractivity contribution in [2.24, 2.45) is 5.73 Å². The lowest BCUT2D eigenvalue weighted by atomic mass is 9.81. The maximum absolute atomic E-state index is 15.2. The van der Waals surface area contributed by atoms with E-state index < -0.39 is 35.5 Å². The molecule has 1 saturated heterocycles. The minimum atomic E-state index is -1.30. The lowest BCUT2D eigenvalue weighted by molar-refractivity contribution is -0.155. The van der Waals surface area contributed by atoms with Gasteiger partial charge in [0.25, 0.3) is 0 Å². The molecule has 0 bridgehead atoms. The molecule has 6 rings (SSSR count). The predicted octanol–water partition coefficient (Wildman–Crippen LogP) is 2.74. The molecular formula is C41H49N7O5. The highest BCUT2D eigenvalue weighted by Gasteiger charge is 2.57. The van der Waals surface area contributed by atoms with Crippen LogP contribution in [0.2, 0.25) is 0 Å². The molecule has 0 unspecified atom stereocenters. The van der Waals surface area contributed by atoms with E-state index in [9.17, 15) is 19.2 Å². The fraction of sp³-hybridized carbons (Fsp3) is 0.390. The van der Waals surface area contributed by atoms with Gasteiger partial charge in [0.2, 0.25) is 29.5 Å². The van der Waals surface area contributed by atoms with Crippen molar-refractivity contribution in [2.75, 3.05) is 20.1 Å². The van der Waals surface area contributed by atoms with Gasteiger partial charge in [-0.25, -0.2) is 0 Å². The van der Waals surface area contributed by atoms with Crippen LogP contribution >= 0.6 is 0 Å². The summed E-state index contributed by atoms with van der Waals surface area (Å²) in [5.41, 5.74) is 8.84. The number of para-hydroxylation sites is 1. The van der Waals surface area contributed by atoms with Crippen LogP contribution in [0.3, 0.4) is 0 Å². The number of hydrogen-bond acceptors (Lipinski definition) is 6. The summed E-state index contributed by atoms with van der Waals surface area (Å²) >= 11 is 0. The summed E-state index contributed by atoms with van der Waals surface area (Å²) < 4.78 is 0. The quantitative estimate of drug-likeness (QED) is 0.126. The van der Waals surface area contributed by atoms with Crippen LogP contribution in [0.4, 0.5) is 0 Å². The molecule has 278 valence electrons. The maximum Gasteiger partial charge on any atom is 0.249 e. The number of amides is 5. The molecule has 1 aromatic heterocycles. The number of fused-ring (bicyclic) bond motifs is 3. The molecule has 6 N–H and O–H groups in total. The smallest absolute Gasteiger partial charge is 0.249 e. The third-order valence-corrected chi connectivity index (χ3v) is 10.6. The largest absolute Gasteiger partial charge is 0.357 e. The summed E-state index contributed by atoms with van der Waals surface area (Å²) in [6.07, 6.45) is 2.79. The zero-order valence-corrected chi connectivity index (χ0v) is 30.4.